The Morgan fingerprint density at radius 3 is 2.93 bits per heavy atom. The third kappa shape index (κ3) is 1.98. The molecule has 1 saturated carbocycles. The summed E-state index contributed by atoms with van der Waals surface area (Å²) in [7, 11) is 4.38. The summed E-state index contributed by atoms with van der Waals surface area (Å²) in [6, 6.07) is 0.761. The fourth-order valence-corrected chi connectivity index (χ4v) is 2.58. The van der Waals surface area contributed by atoms with Crippen LogP contribution < -0.4 is 0 Å². The molecule has 0 saturated heterocycles. The minimum Gasteiger partial charge on any atom is -0.337 e. The van der Waals surface area contributed by atoms with Crippen LogP contribution in [0.15, 0.2) is 18.7 Å². The van der Waals surface area contributed by atoms with Crippen LogP contribution in [-0.2, 0) is 6.54 Å². The molecule has 1 aliphatic rings. The van der Waals surface area contributed by atoms with Gasteiger partial charge in [-0.2, -0.15) is 0 Å². The first-order valence-electron chi connectivity index (χ1n) is 5.39. The molecule has 0 aliphatic heterocycles. The van der Waals surface area contributed by atoms with Crippen molar-refractivity contribution in [2.75, 3.05) is 14.1 Å². The lowest BCUT2D eigenvalue weighted by Gasteiger charge is -2.26. The van der Waals surface area contributed by atoms with Crippen LogP contribution in [0.2, 0.25) is 0 Å². The number of rotatable bonds is 3. The van der Waals surface area contributed by atoms with Crippen molar-refractivity contribution in [1.29, 1.82) is 0 Å². The molecule has 1 aromatic rings. The minimum absolute atomic E-state index is 0.761. The fourth-order valence-electron chi connectivity index (χ4n) is 2.58. The summed E-state index contributed by atoms with van der Waals surface area (Å²) < 4.78 is 2.20. The van der Waals surface area contributed by atoms with Crippen molar-refractivity contribution in [3.63, 3.8) is 0 Å². The maximum atomic E-state index is 4.08. The van der Waals surface area contributed by atoms with Gasteiger partial charge >= 0.3 is 0 Å². The Morgan fingerprint density at radius 1 is 1.43 bits per heavy atom. The summed E-state index contributed by atoms with van der Waals surface area (Å²) >= 11 is 0. The van der Waals surface area contributed by atoms with Gasteiger partial charge in [0.2, 0.25) is 0 Å². The lowest BCUT2D eigenvalue weighted by molar-refractivity contribution is 0.221. The van der Waals surface area contributed by atoms with Gasteiger partial charge in [0.1, 0.15) is 0 Å². The molecular formula is C11H19N3. The van der Waals surface area contributed by atoms with Crippen molar-refractivity contribution in [2.45, 2.75) is 31.8 Å². The molecule has 0 amide bonds. The van der Waals surface area contributed by atoms with Crippen molar-refractivity contribution < 1.29 is 0 Å². The molecule has 0 aromatic carbocycles. The fraction of sp³-hybridized carbons (Fsp3) is 0.727. The van der Waals surface area contributed by atoms with Crippen LogP contribution in [0.5, 0.6) is 0 Å². The zero-order valence-corrected chi connectivity index (χ0v) is 9.06. The number of aromatic nitrogens is 2. The standard InChI is InChI=1S/C11H19N3/c1-13(2)11-5-3-4-10(11)8-14-7-6-12-9-14/h6-7,9-11H,3-5,8H2,1-2H3. The van der Waals surface area contributed by atoms with E-state index in [0.717, 1.165) is 18.5 Å². The maximum absolute atomic E-state index is 4.08. The number of nitrogens with zero attached hydrogens (tertiary/aromatic N) is 3. The molecule has 1 heterocycles. The average molecular weight is 193 g/mol. The number of hydrogen-bond donors (Lipinski definition) is 0. The van der Waals surface area contributed by atoms with E-state index in [1.54, 1.807) is 0 Å². The lowest BCUT2D eigenvalue weighted by atomic mass is 10.0. The van der Waals surface area contributed by atoms with Crippen LogP contribution in [0.3, 0.4) is 0 Å². The Morgan fingerprint density at radius 2 is 2.29 bits per heavy atom. The molecule has 3 heteroatoms. The number of imidazole rings is 1. The van der Waals surface area contributed by atoms with Gasteiger partial charge in [-0.25, -0.2) is 4.98 Å². The molecule has 0 bridgehead atoms. The second-order valence-electron chi connectivity index (χ2n) is 4.48. The molecule has 14 heavy (non-hydrogen) atoms. The zero-order chi connectivity index (χ0) is 9.97. The van der Waals surface area contributed by atoms with Gasteiger partial charge in [0, 0.05) is 25.0 Å². The lowest BCUT2D eigenvalue weighted by Crippen LogP contribution is -2.33. The predicted molar refractivity (Wildman–Crippen MR) is 57.0 cm³/mol. The van der Waals surface area contributed by atoms with Crippen LogP contribution >= 0.6 is 0 Å². The van der Waals surface area contributed by atoms with E-state index in [-0.39, 0.29) is 0 Å². The molecule has 78 valence electrons. The van der Waals surface area contributed by atoms with Crippen LogP contribution in [0.4, 0.5) is 0 Å². The first-order valence-corrected chi connectivity index (χ1v) is 5.39. The second-order valence-corrected chi connectivity index (χ2v) is 4.48. The summed E-state index contributed by atoms with van der Waals surface area (Å²) in [4.78, 5) is 6.45. The molecule has 2 atom stereocenters. The van der Waals surface area contributed by atoms with E-state index < -0.39 is 0 Å². The highest BCUT2D eigenvalue weighted by Crippen LogP contribution is 2.29. The summed E-state index contributed by atoms with van der Waals surface area (Å²) in [5.74, 6) is 0.805. The molecule has 1 aromatic heterocycles. The molecule has 0 N–H and O–H groups in total. The molecule has 2 rings (SSSR count). The molecule has 1 fully saturated rings. The Kier molecular flexibility index (Phi) is 2.87. The van der Waals surface area contributed by atoms with E-state index in [4.69, 9.17) is 0 Å². The largest absolute Gasteiger partial charge is 0.337 e. The smallest absolute Gasteiger partial charge is 0.0946 e. The van der Waals surface area contributed by atoms with Gasteiger partial charge in [0.25, 0.3) is 0 Å². The normalized spacial score (nSPS) is 27.4. The van der Waals surface area contributed by atoms with Crippen LogP contribution in [-0.4, -0.2) is 34.6 Å². The van der Waals surface area contributed by atoms with Gasteiger partial charge in [-0.3, -0.25) is 0 Å². The zero-order valence-electron chi connectivity index (χ0n) is 9.06. The highest BCUT2D eigenvalue weighted by molar-refractivity contribution is 4.85. The van der Waals surface area contributed by atoms with Crippen molar-refractivity contribution in [1.82, 2.24) is 14.5 Å². The first-order chi connectivity index (χ1) is 6.77. The van der Waals surface area contributed by atoms with Gasteiger partial charge in [0.15, 0.2) is 0 Å². The summed E-state index contributed by atoms with van der Waals surface area (Å²) in [5, 5.41) is 0. The molecule has 0 radical (unpaired) electrons. The van der Waals surface area contributed by atoms with Crippen LogP contribution in [0.25, 0.3) is 0 Å². The van der Waals surface area contributed by atoms with Gasteiger partial charge in [-0.15, -0.1) is 0 Å². The van der Waals surface area contributed by atoms with E-state index in [1.165, 1.54) is 19.3 Å². The Bertz CT molecular complexity index is 266. The third-order valence-corrected chi connectivity index (χ3v) is 3.29. The van der Waals surface area contributed by atoms with Crippen molar-refractivity contribution in [2.24, 2.45) is 5.92 Å². The Balaban J connectivity index is 1.97. The van der Waals surface area contributed by atoms with Gasteiger partial charge in [-0.1, -0.05) is 6.42 Å². The first kappa shape index (κ1) is 9.71. The number of hydrogen-bond acceptors (Lipinski definition) is 2. The van der Waals surface area contributed by atoms with Gasteiger partial charge in [0.05, 0.1) is 6.33 Å². The van der Waals surface area contributed by atoms with E-state index >= 15 is 0 Å². The SMILES string of the molecule is CN(C)C1CCCC1Cn1ccnc1. The summed E-state index contributed by atoms with van der Waals surface area (Å²) in [5.41, 5.74) is 0. The molecular weight excluding hydrogens is 174 g/mol. The third-order valence-electron chi connectivity index (χ3n) is 3.29. The van der Waals surface area contributed by atoms with Gasteiger partial charge in [-0.05, 0) is 32.9 Å². The monoisotopic (exact) mass is 193 g/mol. The molecule has 1 aliphatic carbocycles. The molecule has 0 spiro atoms. The highest BCUT2D eigenvalue weighted by atomic mass is 15.1. The Labute approximate surface area is 85.7 Å². The topological polar surface area (TPSA) is 21.1 Å². The molecule has 3 nitrogen and oxygen atoms in total. The van der Waals surface area contributed by atoms with Crippen molar-refractivity contribution in [3.8, 4) is 0 Å². The Hall–Kier alpha value is -0.830. The predicted octanol–water partition coefficient (Wildman–Crippen LogP) is 1.61. The van der Waals surface area contributed by atoms with Gasteiger partial charge < -0.3 is 9.47 Å². The van der Waals surface area contributed by atoms with Crippen LogP contribution in [0.1, 0.15) is 19.3 Å². The second kappa shape index (κ2) is 4.13. The van der Waals surface area contributed by atoms with Crippen LogP contribution in [0, 0.1) is 5.92 Å². The molecule has 2 unspecified atom stereocenters. The summed E-state index contributed by atoms with van der Waals surface area (Å²) in [6.07, 6.45) is 9.94. The summed E-state index contributed by atoms with van der Waals surface area (Å²) in [6.45, 7) is 1.13. The van der Waals surface area contributed by atoms with E-state index in [1.807, 2.05) is 12.5 Å². The van der Waals surface area contributed by atoms with E-state index in [2.05, 4.69) is 34.7 Å². The van der Waals surface area contributed by atoms with E-state index in [9.17, 15) is 0 Å². The highest BCUT2D eigenvalue weighted by Gasteiger charge is 2.28. The van der Waals surface area contributed by atoms with E-state index in [0.29, 0.717) is 0 Å². The average Bonchev–Trinajstić information content (AvgIpc) is 2.75. The quantitative estimate of drug-likeness (QED) is 0.727. The minimum atomic E-state index is 0.761. The maximum Gasteiger partial charge on any atom is 0.0946 e. The van der Waals surface area contributed by atoms with Crippen molar-refractivity contribution >= 4 is 0 Å². The van der Waals surface area contributed by atoms with Crippen molar-refractivity contribution in [3.05, 3.63) is 18.7 Å².